The smallest absolute Gasteiger partial charge is 0.224 e. The van der Waals surface area contributed by atoms with Crippen molar-refractivity contribution in [3.63, 3.8) is 0 Å². The van der Waals surface area contributed by atoms with Gasteiger partial charge >= 0.3 is 0 Å². The van der Waals surface area contributed by atoms with Crippen LogP contribution in [0.3, 0.4) is 0 Å². The summed E-state index contributed by atoms with van der Waals surface area (Å²) < 4.78 is 0. The maximum absolute atomic E-state index is 12.3. The molecule has 1 heterocycles. The van der Waals surface area contributed by atoms with Gasteiger partial charge in [0.25, 0.3) is 0 Å². The molecule has 2 aromatic carbocycles. The van der Waals surface area contributed by atoms with Crippen LogP contribution in [0.1, 0.15) is 26.2 Å². The van der Waals surface area contributed by atoms with Gasteiger partial charge in [-0.05, 0) is 74.2 Å². The molecule has 0 saturated carbocycles. The second-order valence-electron chi connectivity index (χ2n) is 6.89. The first-order valence-corrected chi connectivity index (χ1v) is 9.13. The molecule has 5 heteroatoms. The van der Waals surface area contributed by atoms with E-state index in [1.54, 1.807) is 0 Å². The van der Waals surface area contributed by atoms with Gasteiger partial charge < -0.3 is 16.0 Å². The Morgan fingerprint density at radius 1 is 1.00 bits per heavy atom. The van der Waals surface area contributed by atoms with Crippen molar-refractivity contribution in [3.8, 4) is 0 Å². The zero-order valence-corrected chi connectivity index (χ0v) is 16.0. The van der Waals surface area contributed by atoms with Crippen LogP contribution in [0.5, 0.6) is 0 Å². The summed E-state index contributed by atoms with van der Waals surface area (Å²) >= 11 is 0. The van der Waals surface area contributed by atoms with Crippen molar-refractivity contribution in [3.05, 3.63) is 54.6 Å². The van der Waals surface area contributed by atoms with E-state index in [0.29, 0.717) is 18.3 Å². The van der Waals surface area contributed by atoms with Crippen LogP contribution in [-0.2, 0) is 4.79 Å². The van der Waals surface area contributed by atoms with Gasteiger partial charge in [-0.15, -0.1) is 12.4 Å². The van der Waals surface area contributed by atoms with Crippen LogP contribution < -0.4 is 16.0 Å². The van der Waals surface area contributed by atoms with Crippen molar-refractivity contribution < 1.29 is 4.79 Å². The van der Waals surface area contributed by atoms with Crippen molar-refractivity contribution in [1.82, 2.24) is 5.32 Å². The molecule has 1 amide bonds. The second-order valence-corrected chi connectivity index (χ2v) is 6.89. The molecule has 1 aliphatic rings. The highest BCUT2D eigenvalue weighted by Crippen LogP contribution is 2.25. The minimum absolute atomic E-state index is 0. The van der Waals surface area contributed by atoms with Crippen molar-refractivity contribution >= 4 is 35.4 Å². The van der Waals surface area contributed by atoms with Crippen molar-refractivity contribution in [1.29, 1.82) is 0 Å². The minimum Gasteiger partial charge on any atom is -0.356 e. The lowest BCUT2D eigenvalue weighted by atomic mass is 9.84. The van der Waals surface area contributed by atoms with Crippen molar-refractivity contribution in [2.45, 2.75) is 26.2 Å². The van der Waals surface area contributed by atoms with E-state index < -0.39 is 0 Å². The van der Waals surface area contributed by atoms with Gasteiger partial charge in [0, 0.05) is 23.5 Å². The number of carbonyl (C=O) groups excluding carboxylic acids is 1. The summed E-state index contributed by atoms with van der Waals surface area (Å²) in [6.45, 7) is 4.35. The van der Waals surface area contributed by atoms with E-state index in [0.717, 1.165) is 30.2 Å². The normalized spacial score (nSPS) is 15.6. The van der Waals surface area contributed by atoms with E-state index in [9.17, 15) is 4.79 Å². The Kier molecular flexibility index (Phi) is 7.95. The molecule has 4 nitrogen and oxygen atoms in total. The first-order valence-electron chi connectivity index (χ1n) is 9.13. The van der Waals surface area contributed by atoms with Gasteiger partial charge in [0.1, 0.15) is 0 Å². The SMILES string of the molecule is CC(CC(=O)Nc1ccc(Nc2ccccc2)cc1)C1CCNCC1.Cl. The van der Waals surface area contributed by atoms with Crippen LogP contribution in [0.2, 0.25) is 0 Å². The average Bonchev–Trinajstić information content (AvgIpc) is 2.65. The summed E-state index contributed by atoms with van der Waals surface area (Å²) in [6.07, 6.45) is 2.94. The molecule has 0 bridgehead atoms. The number of halogens is 1. The van der Waals surface area contributed by atoms with Crippen LogP contribution in [0, 0.1) is 11.8 Å². The predicted molar refractivity (Wildman–Crippen MR) is 111 cm³/mol. The van der Waals surface area contributed by atoms with E-state index in [1.807, 2.05) is 54.6 Å². The van der Waals surface area contributed by atoms with Gasteiger partial charge in [-0.2, -0.15) is 0 Å². The predicted octanol–water partition coefficient (Wildman–Crippen LogP) is 4.82. The molecule has 2 aromatic rings. The van der Waals surface area contributed by atoms with Crippen LogP contribution in [-0.4, -0.2) is 19.0 Å². The highest BCUT2D eigenvalue weighted by atomic mass is 35.5. The number of amides is 1. The number of piperidine rings is 1. The number of benzene rings is 2. The monoisotopic (exact) mass is 373 g/mol. The first-order chi connectivity index (χ1) is 12.2. The molecule has 1 unspecified atom stereocenters. The zero-order valence-electron chi connectivity index (χ0n) is 15.2. The fourth-order valence-electron chi connectivity index (χ4n) is 3.41. The number of para-hydroxylation sites is 1. The molecule has 140 valence electrons. The highest BCUT2D eigenvalue weighted by Gasteiger charge is 2.21. The first kappa shape index (κ1) is 20.3. The van der Waals surface area contributed by atoms with E-state index in [4.69, 9.17) is 0 Å². The second kappa shape index (κ2) is 10.2. The Balaban J connectivity index is 0.00000243. The summed E-state index contributed by atoms with van der Waals surface area (Å²) in [7, 11) is 0. The Hall–Kier alpha value is -2.04. The standard InChI is InChI=1S/C21H27N3O.ClH/c1-16(17-11-13-22-14-12-17)15-21(25)24-20-9-7-19(8-10-20)23-18-5-3-2-4-6-18;/h2-10,16-17,22-23H,11-15H2,1H3,(H,24,25);1H. The largest absolute Gasteiger partial charge is 0.356 e. The molecule has 0 aromatic heterocycles. The lowest BCUT2D eigenvalue weighted by molar-refractivity contribution is -0.117. The molecule has 1 atom stereocenters. The van der Waals surface area contributed by atoms with Crippen LogP contribution >= 0.6 is 12.4 Å². The molecule has 3 N–H and O–H groups in total. The summed E-state index contributed by atoms with van der Waals surface area (Å²) in [5.41, 5.74) is 2.91. The molecule has 1 fully saturated rings. The third kappa shape index (κ3) is 6.04. The van der Waals surface area contributed by atoms with E-state index in [-0.39, 0.29) is 18.3 Å². The van der Waals surface area contributed by atoms with Gasteiger partial charge in [0.15, 0.2) is 0 Å². The highest BCUT2D eigenvalue weighted by molar-refractivity contribution is 5.91. The maximum atomic E-state index is 12.3. The molecule has 1 aliphatic heterocycles. The number of nitrogens with one attached hydrogen (secondary N) is 3. The zero-order chi connectivity index (χ0) is 17.5. The number of carbonyl (C=O) groups is 1. The summed E-state index contributed by atoms with van der Waals surface area (Å²) in [4.78, 5) is 12.3. The quantitative estimate of drug-likeness (QED) is 0.680. The summed E-state index contributed by atoms with van der Waals surface area (Å²) in [6, 6.07) is 17.9. The molecular weight excluding hydrogens is 346 g/mol. The molecular formula is C21H28ClN3O. The van der Waals surface area contributed by atoms with E-state index in [2.05, 4.69) is 22.9 Å². The lowest BCUT2D eigenvalue weighted by Gasteiger charge is -2.27. The van der Waals surface area contributed by atoms with Gasteiger partial charge in [-0.1, -0.05) is 25.1 Å². The van der Waals surface area contributed by atoms with E-state index >= 15 is 0 Å². The van der Waals surface area contributed by atoms with E-state index in [1.165, 1.54) is 12.8 Å². The van der Waals surface area contributed by atoms with Crippen molar-refractivity contribution in [2.24, 2.45) is 11.8 Å². The Morgan fingerprint density at radius 2 is 1.58 bits per heavy atom. The number of hydrogen-bond donors (Lipinski definition) is 3. The van der Waals surface area contributed by atoms with Crippen LogP contribution in [0.4, 0.5) is 17.1 Å². The van der Waals surface area contributed by atoms with Gasteiger partial charge in [0.2, 0.25) is 5.91 Å². The third-order valence-electron chi connectivity index (χ3n) is 4.93. The number of anilines is 3. The summed E-state index contributed by atoms with van der Waals surface area (Å²) in [5, 5.41) is 9.74. The maximum Gasteiger partial charge on any atom is 0.224 e. The Bertz CT molecular complexity index is 669. The molecule has 0 aliphatic carbocycles. The molecule has 26 heavy (non-hydrogen) atoms. The number of hydrogen-bond acceptors (Lipinski definition) is 3. The number of rotatable bonds is 6. The Labute approximate surface area is 162 Å². The lowest BCUT2D eigenvalue weighted by Crippen LogP contribution is -2.32. The minimum atomic E-state index is 0. The van der Waals surface area contributed by atoms with Crippen molar-refractivity contribution in [2.75, 3.05) is 23.7 Å². The summed E-state index contributed by atoms with van der Waals surface area (Å²) in [5.74, 6) is 1.19. The Morgan fingerprint density at radius 3 is 2.23 bits per heavy atom. The van der Waals surface area contributed by atoms with Gasteiger partial charge in [-0.25, -0.2) is 0 Å². The fraction of sp³-hybridized carbons (Fsp3) is 0.381. The topological polar surface area (TPSA) is 53.2 Å². The molecule has 3 rings (SSSR count). The fourth-order valence-corrected chi connectivity index (χ4v) is 3.41. The molecule has 0 spiro atoms. The van der Waals surface area contributed by atoms with Gasteiger partial charge in [0.05, 0.1) is 0 Å². The average molecular weight is 374 g/mol. The molecule has 1 saturated heterocycles. The molecule has 0 radical (unpaired) electrons. The van der Waals surface area contributed by atoms with Crippen LogP contribution in [0.15, 0.2) is 54.6 Å². The van der Waals surface area contributed by atoms with Crippen LogP contribution in [0.25, 0.3) is 0 Å². The third-order valence-corrected chi connectivity index (χ3v) is 4.93. The van der Waals surface area contributed by atoms with Gasteiger partial charge in [-0.3, -0.25) is 4.79 Å².